The van der Waals surface area contributed by atoms with Crippen molar-refractivity contribution < 1.29 is 28.2 Å². The summed E-state index contributed by atoms with van der Waals surface area (Å²) in [5.74, 6) is -1.41. The molecule has 5 nitrogen and oxygen atoms in total. The second-order valence-electron chi connectivity index (χ2n) is 3.70. The first-order chi connectivity index (χ1) is 8.97. The predicted molar refractivity (Wildman–Crippen MR) is 63.2 cm³/mol. The van der Waals surface area contributed by atoms with E-state index >= 15 is 0 Å². The van der Waals surface area contributed by atoms with E-state index in [-0.39, 0.29) is 30.9 Å². The second kappa shape index (κ2) is 7.30. The quantitative estimate of drug-likeness (QED) is 0.800. The van der Waals surface area contributed by atoms with Crippen LogP contribution in [0.1, 0.15) is 19.3 Å². The zero-order chi connectivity index (χ0) is 14.3. The maximum absolute atomic E-state index is 12.0. The molecule has 2 N–H and O–H groups in total. The van der Waals surface area contributed by atoms with Crippen LogP contribution in [0.15, 0.2) is 24.3 Å². The van der Waals surface area contributed by atoms with Crippen LogP contribution in [0.25, 0.3) is 0 Å². The number of halogens is 2. The van der Waals surface area contributed by atoms with E-state index in [9.17, 15) is 18.4 Å². The molecule has 0 bridgehead atoms. The topological polar surface area (TPSA) is 75.6 Å². The van der Waals surface area contributed by atoms with Gasteiger partial charge in [0.25, 0.3) is 0 Å². The molecule has 104 valence electrons. The minimum absolute atomic E-state index is 0.0478. The van der Waals surface area contributed by atoms with Gasteiger partial charge in [0.1, 0.15) is 5.75 Å². The standard InChI is InChI=1S/C12H13F2NO4/c13-12(14)19-9-4-1-3-8(7-9)15-10(16)5-2-6-11(17)18/h1,3-4,7,12H,2,5-6H2,(H,15,16)(H,17,18). The molecular formula is C12H13F2NO4. The predicted octanol–water partition coefficient (Wildman–Crippen LogP) is 2.48. The van der Waals surface area contributed by atoms with Gasteiger partial charge in [0.05, 0.1) is 0 Å². The summed E-state index contributed by atoms with van der Waals surface area (Å²) in [5, 5.41) is 10.9. The number of amides is 1. The van der Waals surface area contributed by atoms with Gasteiger partial charge in [0.2, 0.25) is 5.91 Å². The van der Waals surface area contributed by atoms with Crippen LogP contribution >= 0.6 is 0 Å². The lowest BCUT2D eigenvalue weighted by molar-refractivity contribution is -0.137. The van der Waals surface area contributed by atoms with E-state index in [4.69, 9.17) is 5.11 Å². The summed E-state index contributed by atoms with van der Waals surface area (Å²) < 4.78 is 28.2. The van der Waals surface area contributed by atoms with Crippen molar-refractivity contribution in [1.29, 1.82) is 0 Å². The van der Waals surface area contributed by atoms with Gasteiger partial charge in [0, 0.05) is 24.6 Å². The normalized spacial score (nSPS) is 10.3. The highest BCUT2D eigenvalue weighted by Gasteiger charge is 2.07. The monoisotopic (exact) mass is 273 g/mol. The zero-order valence-corrected chi connectivity index (χ0v) is 9.94. The molecule has 0 radical (unpaired) electrons. The number of hydrogen-bond acceptors (Lipinski definition) is 3. The Balaban J connectivity index is 2.47. The first-order valence-electron chi connectivity index (χ1n) is 5.54. The number of ether oxygens (including phenoxy) is 1. The largest absolute Gasteiger partial charge is 0.481 e. The van der Waals surface area contributed by atoms with Crippen molar-refractivity contribution in [2.75, 3.05) is 5.32 Å². The lowest BCUT2D eigenvalue weighted by atomic mass is 10.2. The van der Waals surface area contributed by atoms with Gasteiger partial charge in [-0.25, -0.2) is 0 Å². The van der Waals surface area contributed by atoms with E-state index in [0.717, 1.165) is 0 Å². The lowest BCUT2D eigenvalue weighted by Crippen LogP contribution is -2.12. The maximum atomic E-state index is 12.0. The molecule has 1 amide bonds. The zero-order valence-electron chi connectivity index (χ0n) is 9.94. The van der Waals surface area contributed by atoms with Gasteiger partial charge in [0.15, 0.2) is 0 Å². The molecule has 19 heavy (non-hydrogen) atoms. The molecule has 0 heterocycles. The van der Waals surface area contributed by atoms with Crippen molar-refractivity contribution >= 4 is 17.6 Å². The molecule has 0 fully saturated rings. The van der Waals surface area contributed by atoms with Crippen molar-refractivity contribution in [2.45, 2.75) is 25.9 Å². The van der Waals surface area contributed by atoms with Crippen molar-refractivity contribution in [3.63, 3.8) is 0 Å². The number of benzene rings is 1. The summed E-state index contributed by atoms with van der Waals surface area (Å²) in [6.07, 6.45) is 0.169. The summed E-state index contributed by atoms with van der Waals surface area (Å²) in [6, 6.07) is 5.59. The highest BCUT2D eigenvalue weighted by atomic mass is 19.3. The minimum Gasteiger partial charge on any atom is -0.481 e. The SMILES string of the molecule is O=C(O)CCCC(=O)Nc1cccc(OC(F)F)c1. The smallest absolute Gasteiger partial charge is 0.387 e. The Hall–Kier alpha value is -2.18. The van der Waals surface area contributed by atoms with Crippen molar-refractivity contribution in [3.05, 3.63) is 24.3 Å². The van der Waals surface area contributed by atoms with E-state index in [1.54, 1.807) is 0 Å². The third kappa shape index (κ3) is 6.35. The average molecular weight is 273 g/mol. The Kier molecular flexibility index (Phi) is 5.72. The number of nitrogens with one attached hydrogen (secondary N) is 1. The molecule has 0 saturated carbocycles. The summed E-state index contributed by atoms with van der Waals surface area (Å²) in [4.78, 5) is 21.7. The fourth-order valence-corrected chi connectivity index (χ4v) is 1.37. The highest BCUT2D eigenvalue weighted by molar-refractivity contribution is 5.91. The Morgan fingerprint density at radius 2 is 2.05 bits per heavy atom. The van der Waals surface area contributed by atoms with E-state index in [1.807, 2.05) is 0 Å². The number of anilines is 1. The Morgan fingerprint density at radius 3 is 2.68 bits per heavy atom. The van der Waals surface area contributed by atoms with Crippen LogP contribution in [0.3, 0.4) is 0 Å². The third-order valence-electron chi connectivity index (χ3n) is 2.14. The summed E-state index contributed by atoms with van der Waals surface area (Å²) in [5.41, 5.74) is 0.318. The number of carbonyl (C=O) groups is 2. The van der Waals surface area contributed by atoms with Crippen LogP contribution in [0.5, 0.6) is 5.75 Å². The Labute approximate surface area is 108 Å². The van der Waals surface area contributed by atoms with E-state index in [1.165, 1.54) is 24.3 Å². The second-order valence-corrected chi connectivity index (χ2v) is 3.70. The van der Waals surface area contributed by atoms with Crippen molar-refractivity contribution in [1.82, 2.24) is 0 Å². The number of carbonyl (C=O) groups excluding carboxylic acids is 1. The number of rotatable bonds is 7. The first kappa shape index (κ1) is 14.9. The molecule has 0 saturated heterocycles. The van der Waals surface area contributed by atoms with Gasteiger partial charge in [-0.15, -0.1) is 0 Å². The van der Waals surface area contributed by atoms with Crippen molar-refractivity contribution in [2.24, 2.45) is 0 Å². The van der Waals surface area contributed by atoms with Gasteiger partial charge in [-0.3, -0.25) is 9.59 Å². The third-order valence-corrected chi connectivity index (χ3v) is 2.14. The first-order valence-corrected chi connectivity index (χ1v) is 5.54. The Bertz CT molecular complexity index is 451. The van der Waals surface area contributed by atoms with E-state index in [0.29, 0.717) is 5.69 Å². The minimum atomic E-state index is -2.93. The van der Waals surface area contributed by atoms with Crippen molar-refractivity contribution in [3.8, 4) is 5.75 Å². The van der Waals surface area contributed by atoms with Gasteiger partial charge < -0.3 is 15.2 Å². The van der Waals surface area contributed by atoms with Crippen LogP contribution in [0.2, 0.25) is 0 Å². The van der Waals surface area contributed by atoms with Gasteiger partial charge in [-0.2, -0.15) is 8.78 Å². The fourth-order valence-electron chi connectivity index (χ4n) is 1.37. The van der Waals surface area contributed by atoms with Gasteiger partial charge in [-0.1, -0.05) is 6.07 Å². The van der Waals surface area contributed by atoms with E-state index < -0.39 is 12.6 Å². The molecule has 1 rings (SSSR count). The molecule has 0 aromatic heterocycles. The molecule has 1 aromatic carbocycles. The molecular weight excluding hydrogens is 260 g/mol. The summed E-state index contributed by atoms with van der Waals surface area (Å²) in [7, 11) is 0. The summed E-state index contributed by atoms with van der Waals surface area (Å²) >= 11 is 0. The number of hydrogen-bond donors (Lipinski definition) is 2. The molecule has 0 atom stereocenters. The van der Waals surface area contributed by atoms with Crippen LogP contribution in [0, 0.1) is 0 Å². The van der Waals surface area contributed by atoms with Crippen LogP contribution in [0.4, 0.5) is 14.5 Å². The molecule has 0 aliphatic heterocycles. The fraction of sp³-hybridized carbons (Fsp3) is 0.333. The number of alkyl halides is 2. The summed E-state index contributed by atoms with van der Waals surface area (Å²) in [6.45, 7) is -2.93. The Morgan fingerprint density at radius 1 is 1.32 bits per heavy atom. The van der Waals surface area contributed by atoms with Crippen LogP contribution in [-0.4, -0.2) is 23.6 Å². The molecule has 0 spiro atoms. The number of aliphatic carboxylic acids is 1. The average Bonchev–Trinajstić information content (AvgIpc) is 2.27. The van der Waals surface area contributed by atoms with Crippen LogP contribution in [-0.2, 0) is 9.59 Å². The molecule has 0 unspecified atom stereocenters. The molecule has 0 aliphatic carbocycles. The number of carboxylic acids is 1. The van der Waals surface area contributed by atoms with Gasteiger partial charge >= 0.3 is 12.6 Å². The molecule has 7 heteroatoms. The number of carboxylic acid groups (broad SMARTS) is 1. The maximum Gasteiger partial charge on any atom is 0.387 e. The molecule has 1 aromatic rings. The highest BCUT2D eigenvalue weighted by Crippen LogP contribution is 2.19. The van der Waals surface area contributed by atoms with E-state index in [2.05, 4.69) is 10.1 Å². The lowest BCUT2D eigenvalue weighted by Gasteiger charge is -2.08. The van der Waals surface area contributed by atoms with Gasteiger partial charge in [-0.05, 0) is 18.6 Å². The molecule has 0 aliphatic rings. The van der Waals surface area contributed by atoms with Crippen LogP contribution < -0.4 is 10.1 Å².